The average molecular weight is 569 g/mol. The van der Waals surface area contributed by atoms with Gasteiger partial charge in [0.05, 0.1) is 21.9 Å². The zero-order chi connectivity index (χ0) is 25.0. The SMILES string of the molecule is Cn1ncc(Br)c1-c1cc(NC(=O)c2cccc(C(F)(F)F)c2)ccc1OCCN1CCSCC1. The molecule has 3 aromatic rings. The summed E-state index contributed by atoms with van der Waals surface area (Å²) in [6.07, 6.45) is -2.86. The van der Waals surface area contributed by atoms with Crippen molar-refractivity contribution in [2.45, 2.75) is 6.18 Å². The molecule has 0 aliphatic carbocycles. The van der Waals surface area contributed by atoms with E-state index in [0.717, 1.165) is 53.4 Å². The molecule has 11 heteroatoms. The number of hydrogen-bond donors (Lipinski definition) is 1. The molecular formula is C24H24BrF3N4O2S. The minimum atomic E-state index is -4.53. The molecule has 0 bridgehead atoms. The van der Waals surface area contributed by atoms with E-state index in [2.05, 4.69) is 31.2 Å². The maximum absolute atomic E-state index is 13.0. The van der Waals surface area contributed by atoms with Gasteiger partial charge >= 0.3 is 6.18 Å². The number of nitrogens with one attached hydrogen (secondary N) is 1. The van der Waals surface area contributed by atoms with Crippen LogP contribution in [0.4, 0.5) is 18.9 Å². The molecule has 1 N–H and O–H groups in total. The minimum absolute atomic E-state index is 0.0805. The third-order valence-corrected chi connectivity index (χ3v) is 7.13. The van der Waals surface area contributed by atoms with Gasteiger partial charge in [0.25, 0.3) is 5.91 Å². The monoisotopic (exact) mass is 568 g/mol. The van der Waals surface area contributed by atoms with E-state index in [1.54, 1.807) is 36.1 Å². The number of alkyl halides is 3. The first-order valence-corrected chi connectivity index (χ1v) is 12.9. The Balaban J connectivity index is 1.56. The maximum atomic E-state index is 13.0. The van der Waals surface area contributed by atoms with Crippen LogP contribution in [0.2, 0.25) is 0 Å². The first-order chi connectivity index (χ1) is 16.7. The van der Waals surface area contributed by atoms with Crippen LogP contribution in [0.5, 0.6) is 5.75 Å². The molecule has 2 heterocycles. The van der Waals surface area contributed by atoms with Crippen LogP contribution in [0.1, 0.15) is 15.9 Å². The second-order valence-corrected chi connectivity index (χ2v) is 10.1. The summed E-state index contributed by atoms with van der Waals surface area (Å²) in [5.41, 5.74) is 0.928. The summed E-state index contributed by atoms with van der Waals surface area (Å²) in [5, 5.41) is 6.96. The highest BCUT2D eigenvalue weighted by Crippen LogP contribution is 2.37. The van der Waals surface area contributed by atoms with Crippen LogP contribution in [-0.4, -0.2) is 58.3 Å². The average Bonchev–Trinajstić information content (AvgIpc) is 3.17. The molecule has 1 aromatic heterocycles. The van der Waals surface area contributed by atoms with E-state index in [1.165, 1.54) is 12.1 Å². The van der Waals surface area contributed by atoms with Gasteiger partial charge < -0.3 is 10.1 Å². The fraction of sp³-hybridized carbons (Fsp3) is 0.333. The Bertz CT molecular complexity index is 1180. The third-order valence-electron chi connectivity index (χ3n) is 5.61. The van der Waals surface area contributed by atoms with Gasteiger partial charge in [0, 0.05) is 55.0 Å². The summed E-state index contributed by atoms with van der Waals surface area (Å²) in [5.74, 6) is 2.22. The molecule has 186 valence electrons. The molecular weight excluding hydrogens is 545 g/mol. The number of aromatic nitrogens is 2. The quantitative estimate of drug-likeness (QED) is 0.405. The number of carbonyl (C=O) groups is 1. The zero-order valence-electron chi connectivity index (χ0n) is 18.9. The van der Waals surface area contributed by atoms with Gasteiger partial charge in [0.15, 0.2) is 0 Å². The van der Waals surface area contributed by atoms with Crippen LogP contribution < -0.4 is 10.1 Å². The van der Waals surface area contributed by atoms with Crippen LogP contribution in [0.15, 0.2) is 53.1 Å². The van der Waals surface area contributed by atoms with Gasteiger partial charge in [-0.3, -0.25) is 14.4 Å². The van der Waals surface area contributed by atoms with E-state index in [-0.39, 0.29) is 5.56 Å². The van der Waals surface area contributed by atoms with Crippen LogP contribution in [0.3, 0.4) is 0 Å². The molecule has 1 aliphatic rings. The number of rotatable bonds is 7. The van der Waals surface area contributed by atoms with Gasteiger partial charge in [-0.1, -0.05) is 6.07 Å². The van der Waals surface area contributed by atoms with Crippen LogP contribution in [-0.2, 0) is 13.2 Å². The number of benzene rings is 2. The van der Waals surface area contributed by atoms with E-state index in [0.29, 0.717) is 23.6 Å². The van der Waals surface area contributed by atoms with E-state index in [9.17, 15) is 18.0 Å². The molecule has 35 heavy (non-hydrogen) atoms. The van der Waals surface area contributed by atoms with E-state index < -0.39 is 17.6 Å². The van der Waals surface area contributed by atoms with Crippen molar-refractivity contribution in [2.24, 2.45) is 7.05 Å². The Hall–Kier alpha value is -2.50. The van der Waals surface area contributed by atoms with Crippen molar-refractivity contribution in [1.29, 1.82) is 0 Å². The van der Waals surface area contributed by atoms with Gasteiger partial charge in [-0.15, -0.1) is 0 Å². The summed E-state index contributed by atoms with van der Waals surface area (Å²) in [7, 11) is 1.79. The van der Waals surface area contributed by atoms with Crippen LogP contribution >= 0.6 is 27.7 Å². The number of halogens is 4. The molecule has 4 rings (SSSR count). The Labute approximate surface area is 214 Å². The lowest BCUT2D eigenvalue weighted by Crippen LogP contribution is -2.35. The standard InChI is InChI=1S/C24H24BrF3N4O2S/c1-31-22(20(25)15-29-31)19-14-18(5-6-21(19)34-10-7-32-8-11-35-12-9-32)30-23(33)16-3-2-4-17(13-16)24(26,27)28/h2-6,13-15H,7-12H2,1H3,(H,30,33). The lowest BCUT2D eigenvalue weighted by atomic mass is 10.1. The third kappa shape index (κ3) is 6.39. The topological polar surface area (TPSA) is 59.4 Å². The molecule has 0 radical (unpaired) electrons. The van der Waals surface area contributed by atoms with E-state index in [1.807, 2.05) is 11.8 Å². The molecule has 0 saturated carbocycles. The van der Waals surface area contributed by atoms with Crippen molar-refractivity contribution in [2.75, 3.05) is 43.1 Å². The van der Waals surface area contributed by atoms with Crippen molar-refractivity contribution in [3.8, 4) is 17.0 Å². The molecule has 1 saturated heterocycles. The van der Waals surface area contributed by atoms with E-state index >= 15 is 0 Å². The molecule has 0 spiro atoms. The van der Waals surface area contributed by atoms with Crippen molar-refractivity contribution >= 4 is 39.3 Å². The van der Waals surface area contributed by atoms with Gasteiger partial charge in [-0.2, -0.15) is 30.0 Å². The lowest BCUT2D eigenvalue weighted by Gasteiger charge is -2.26. The van der Waals surface area contributed by atoms with Crippen molar-refractivity contribution in [3.05, 3.63) is 64.3 Å². The molecule has 6 nitrogen and oxygen atoms in total. The smallest absolute Gasteiger partial charge is 0.416 e. The van der Waals surface area contributed by atoms with Crippen LogP contribution in [0, 0.1) is 0 Å². The predicted molar refractivity (Wildman–Crippen MR) is 135 cm³/mol. The predicted octanol–water partition coefficient (Wildman–Crippen LogP) is 5.55. The molecule has 0 atom stereocenters. The Morgan fingerprint density at radius 3 is 2.66 bits per heavy atom. The van der Waals surface area contributed by atoms with Crippen molar-refractivity contribution < 1.29 is 22.7 Å². The maximum Gasteiger partial charge on any atom is 0.416 e. The number of thioether (sulfide) groups is 1. The molecule has 2 aromatic carbocycles. The lowest BCUT2D eigenvalue weighted by molar-refractivity contribution is -0.137. The van der Waals surface area contributed by atoms with Gasteiger partial charge in [0.2, 0.25) is 0 Å². The van der Waals surface area contributed by atoms with Gasteiger partial charge in [-0.25, -0.2) is 0 Å². The fourth-order valence-corrected chi connectivity index (χ4v) is 5.32. The normalized spacial score (nSPS) is 14.7. The minimum Gasteiger partial charge on any atom is -0.492 e. The first kappa shape index (κ1) is 25.6. The summed E-state index contributed by atoms with van der Waals surface area (Å²) >= 11 is 5.47. The summed E-state index contributed by atoms with van der Waals surface area (Å²) in [4.78, 5) is 15.1. The highest BCUT2D eigenvalue weighted by molar-refractivity contribution is 9.10. The number of hydrogen-bond acceptors (Lipinski definition) is 5. The summed E-state index contributed by atoms with van der Waals surface area (Å²) in [6.45, 7) is 3.38. The van der Waals surface area contributed by atoms with Crippen molar-refractivity contribution in [3.63, 3.8) is 0 Å². The summed E-state index contributed by atoms with van der Waals surface area (Å²) in [6, 6.07) is 9.50. The fourth-order valence-electron chi connectivity index (χ4n) is 3.78. The highest BCUT2D eigenvalue weighted by atomic mass is 79.9. The highest BCUT2D eigenvalue weighted by Gasteiger charge is 2.31. The molecule has 1 amide bonds. The number of ether oxygens (including phenoxy) is 1. The van der Waals surface area contributed by atoms with Gasteiger partial charge in [-0.05, 0) is 52.3 Å². The number of carbonyl (C=O) groups excluding carboxylic acids is 1. The first-order valence-electron chi connectivity index (χ1n) is 11.0. The number of amides is 1. The Kier molecular flexibility index (Phi) is 8.08. The number of anilines is 1. The zero-order valence-corrected chi connectivity index (χ0v) is 21.3. The number of aryl methyl sites for hydroxylation is 1. The molecule has 0 unspecified atom stereocenters. The molecule has 1 aliphatic heterocycles. The number of nitrogens with zero attached hydrogens (tertiary/aromatic N) is 3. The molecule has 1 fully saturated rings. The Morgan fingerprint density at radius 2 is 1.97 bits per heavy atom. The second kappa shape index (κ2) is 11.0. The summed E-state index contributed by atoms with van der Waals surface area (Å²) < 4.78 is 47.7. The van der Waals surface area contributed by atoms with Gasteiger partial charge in [0.1, 0.15) is 12.4 Å². The van der Waals surface area contributed by atoms with E-state index in [4.69, 9.17) is 4.74 Å². The van der Waals surface area contributed by atoms with Crippen LogP contribution in [0.25, 0.3) is 11.3 Å². The Morgan fingerprint density at radius 1 is 1.20 bits per heavy atom. The largest absolute Gasteiger partial charge is 0.492 e. The van der Waals surface area contributed by atoms with Crippen molar-refractivity contribution in [1.82, 2.24) is 14.7 Å². The second-order valence-electron chi connectivity index (χ2n) is 8.01.